The molecule has 0 aliphatic heterocycles. The van der Waals surface area contributed by atoms with Gasteiger partial charge < -0.3 is 10.2 Å². The highest BCUT2D eigenvalue weighted by Crippen LogP contribution is 2.52. The molecule has 5 aromatic rings. The van der Waals surface area contributed by atoms with Crippen LogP contribution in [0.1, 0.15) is 86.6 Å². The molecule has 5 aromatic carbocycles. The van der Waals surface area contributed by atoms with Gasteiger partial charge in [0.1, 0.15) is 11.2 Å². The monoisotopic (exact) mass is 622 g/mol. The second-order valence-electron chi connectivity index (χ2n) is 13.6. The molecule has 236 valence electrons. The third-order valence-corrected chi connectivity index (χ3v) is 9.12. The van der Waals surface area contributed by atoms with Crippen LogP contribution < -0.4 is 0 Å². The molecule has 0 aromatic heterocycles. The van der Waals surface area contributed by atoms with Gasteiger partial charge in [0.25, 0.3) is 0 Å². The number of aliphatic hydroxyl groups is 2. The summed E-state index contributed by atoms with van der Waals surface area (Å²) in [6.45, 7) is 5.94. The first-order chi connectivity index (χ1) is 22.3. The second kappa shape index (κ2) is 12.0. The first kappa shape index (κ1) is 32.0. The first-order valence-electron chi connectivity index (χ1n) is 15.8. The molecule has 0 bridgehead atoms. The van der Waals surface area contributed by atoms with E-state index in [9.17, 15) is 24.6 Å². The van der Waals surface area contributed by atoms with Crippen molar-refractivity contribution in [3.05, 3.63) is 166 Å². The summed E-state index contributed by atoms with van der Waals surface area (Å²) < 4.78 is 0. The highest BCUT2D eigenvalue weighted by Gasteiger charge is 2.44. The molecule has 0 radical (unpaired) electrons. The molecule has 0 fully saturated rings. The zero-order valence-electron chi connectivity index (χ0n) is 27.1. The Bertz CT molecular complexity index is 1900. The summed E-state index contributed by atoms with van der Waals surface area (Å²) in [7, 11) is 0. The van der Waals surface area contributed by atoms with E-state index in [2.05, 4.69) is 12.1 Å². The van der Waals surface area contributed by atoms with Gasteiger partial charge in [0.2, 0.25) is 0 Å². The maximum Gasteiger partial charge on any atom is 0.193 e. The van der Waals surface area contributed by atoms with Gasteiger partial charge in [0, 0.05) is 27.7 Å². The van der Waals surface area contributed by atoms with Crippen LogP contribution in [-0.2, 0) is 18.3 Å². The number of fused-ring (bicyclic) bond motifs is 3. The Balaban J connectivity index is 1.50. The lowest BCUT2D eigenvalue weighted by molar-refractivity contribution is 0.0487. The highest BCUT2D eigenvalue weighted by molar-refractivity contribution is 6.09. The third kappa shape index (κ3) is 6.12. The molecule has 47 heavy (non-hydrogen) atoms. The Kier molecular flexibility index (Phi) is 8.17. The van der Waals surface area contributed by atoms with Crippen molar-refractivity contribution in [1.82, 2.24) is 0 Å². The number of ketones is 3. The zero-order valence-corrected chi connectivity index (χ0v) is 27.1. The lowest BCUT2D eigenvalue weighted by atomic mass is 9.69. The summed E-state index contributed by atoms with van der Waals surface area (Å²) in [6, 6.07) is 38.3. The normalized spacial score (nSPS) is 13.5. The van der Waals surface area contributed by atoms with Crippen molar-refractivity contribution in [2.24, 2.45) is 0 Å². The first-order valence-corrected chi connectivity index (χ1v) is 15.8. The van der Waals surface area contributed by atoms with Gasteiger partial charge in [0.05, 0.1) is 0 Å². The fraction of sp³-hybridized carbons (Fsp3) is 0.214. The summed E-state index contributed by atoms with van der Waals surface area (Å²) in [6.07, 6.45) is 1.14. The predicted octanol–water partition coefficient (Wildman–Crippen LogP) is 7.58. The maximum absolute atomic E-state index is 13.7. The van der Waals surface area contributed by atoms with Gasteiger partial charge in [-0.2, -0.15) is 0 Å². The van der Waals surface area contributed by atoms with E-state index in [1.807, 2.05) is 84.9 Å². The van der Waals surface area contributed by atoms with Gasteiger partial charge in [-0.3, -0.25) is 14.4 Å². The topological polar surface area (TPSA) is 91.7 Å². The van der Waals surface area contributed by atoms with Crippen LogP contribution in [-0.4, -0.2) is 38.8 Å². The Labute approximate surface area is 275 Å². The van der Waals surface area contributed by atoms with Gasteiger partial charge in [-0.25, -0.2) is 0 Å². The van der Waals surface area contributed by atoms with Crippen LogP contribution in [0.4, 0.5) is 0 Å². The Hall–Kier alpha value is -4.97. The van der Waals surface area contributed by atoms with Crippen LogP contribution in [0.3, 0.4) is 0 Å². The van der Waals surface area contributed by atoms with Crippen LogP contribution >= 0.6 is 0 Å². The average Bonchev–Trinajstić information content (AvgIpc) is 3.32. The van der Waals surface area contributed by atoms with Crippen molar-refractivity contribution >= 4 is 17.3 Å². The molecule has 0 atom stereocenters. The summed E-state index contributed by atoms with van der Waals surface area (Å²) in [5.74, 6) is -0.748. The van der Waals surface area contributed by atoms with Gasteiger partial charge >= 0.3 is 0 Å². The van der Waals surface area contributed by atoms with Crippen LogP contribution in [0, 0.1) is 0 Å². The minimum Gasteiger partial charge on any atom is -0.382 e. The molecule has 0 saturated heterocycles. The molecule has 0 amide bonds. The van der Waals surface area contributed by atoms with E-state index in [1.54, 1.807) is 24.3 Å². The predicted molar refractivity (Wildman–Crippen MR) is 184 cm³/mol. The van der Waals surface area contributed by atoms with Crippen LogP contribution in [0.2, 0.25) is 0 Å². The van der Waals surface area contributed by atoms with Crippen molar-refractivity contribution in [3.63, 3.8) is 0 Å². The second-order valence-corrected chi connectivity index (χ2v) is 13.6. The van der Waals surface area contributed by atoms with E-state index in [0.717, 1.165) is 33.4 Å². The minimum absolute atomic E-state index is 0.0535. The molecule has 1 aliphatic rings. The van der Waals surface area contributed by atoms with E-state index in [-0.39, 0.29) is 17.3 Å². The smallest absolute Gasteiger partial charge is 0.193 e. The molecule has 0 unspecified atom stereocenters. The molecule has 0 saturated carbocycles. The fourth-order valence-corrected chi connectivity index (χ4v) is 6.75. The average molecular weight is 623 g/mol. The molecule has 0 spiro atoms. The van der Waals surface area contributed by atoms with Crippen LogP contribution in [0.5, 0.6) is 0 Å². The standard InChI is InChI=1S/C42H38O5/c1-40(2,46)38(44)30-18-14-27(15-19-30)25-42(26-28-16-20-31(21-17-28)39(45)41(3,4)47)35-13-9-8-12-33(35)34-23-22-32(24-36(34)42)37(43)29-10-6-5-7-11-29/h5-24,46-47H,25-26H2,1-4H3. The zero-order chi connectivity index (χ0) is 33.6. The van der Waals surface area contributed by atoms with Crippen molar-refractivity contribution in [2.75, 3.05) is 0 Å². The van der Waals surface area contributed by atoms with Crippen LogP contribution in [0.25, 0.3) is 11.1 Å². The van der Waals surface area contributed by atoms with Crippen molar-refractivity contribution in [3.8, 4) is 11.1 Å². The molecular weight excluding hydrogens is 584 g/mol. The molecule has 6 rings (SSSR count). The minimum atomic E-state index is -1.48. The van der Waals surface area contributed by atoms with E-state index in [0.29, 0.717) is 35.1 Å². The Morgan fingerprint density at radius 1 is 0.511 bits per heavy atom. The largest absolute Gasteiger partial charge is 0.382 e. The summed E-state index contributed by atoms with van der Waals surface area (Å²) in [5, 5.41) is 20.6. The Morgan fingerprint density at radius 3 is 1.47 bits per heavy atom. The number of hydrogen-bond donors (Lipinski definition) is 2. The molecule has 2 N–H and O–H groups in total. The third-order valence-electron chi connectivity index (χ3n) is 9.12. The van der Waals surface area contributed by atoms with E-state index in [1.165, 1.54) is 27.7 Å². The number of rotatable bonds is 10. The van der Waals surface area contributed by atoms with Gasteiger partial charge in [-0.05, 0) is 80.0 Å². The summed E-state index contributed by atoms with van der Waals surface area (Å²) in [5.41, 5.74) is 4.86. The molecule has 5 heteroatoms. The fourth-order valence-electron chi connectivity index (χ4n) is 6.75. The number of carbonyl (C=O) groups excluding carboxylic acids is 3. The summed E-state index contributed by atoms with van der Waals surface area (Å²) in [4.78, 5) is 39.3. The number of Topliss-reactive ketones (excluding diaryl/α,β-unsaturated/α-hetero) is 2. The lowest BCUT2D eigenvalue weighted by Crippen LogP contribution is -2.32. The quantitative estimate of drug-likeness (QED) is 0.157. The van der Waals surface area contributed by atoms with E-state index < -0.39 is 16.6 Å². The van der Waals surface area contributed by atoms with Gasteiger partial charge in [-0.15, -0.1) is 0 Å². The number of benzene rings is 5. The molecule has 0 heterocycles. The van der Waals surface area contributed by atoms with Gasteiger partial charge in [-0.1, -0.05) is 115 Å². The SMILES string of the molecule is CC(C)(O)C(=O)c1ccc(CC2(Cc3ccc(C(=O)C(C)(C)O)cc3)c3ccccc3-c3ccc(C(=O)c4ccccc4)cc32)cc1. The molecular formula is C42H38O5. The molecule has 5 nitrogen and oxygen atoms in total. The van der Waals surface area contributed by atoms with Crippen molar-refractivity contribution in [1.29, 1.82) is 0 Å². The van der Waals surface area contributed by atoms with Crippen LogP contribution in [0.15, 0.2) is 121 Å². The van der Waals surface area contributed by atoms with E-state index >= 15 is 0 Å². The molecule has 1 aliphatic carbocycles. The highest BCUT2D eigenvalue weighted by atomic mass is 16.3. The number of hydrogen-bond acceptors (Lipinski definition) is 5. The summed E-state index contributed by atoms with van der Waals surface area (Å²) >= 11 is 0. The lowest BCUT2D eigenvalue weighted by Gasteiger charge is -2.33. The van der Waals surface area contributed by atoms with Crippen molar-refractivity contribution < 1.29 is 24.6 Å². The van der Waals surface area contributed by atoms with E-state index in [4.69, 9.17) is 0 Å². The maximum atomic E-state index is 13.7. The van der Waals surface area contributed by atoms with Crippen molar-refractivity contribution in [2.45, 2.75) is 57.2 Å². The number of carbonyl (C=O) groups is 3. The Morgan fingerprint density at radius 2 is 0.957 bits per heavy atom. The van der Waals surface area contributed by atoms with Gasteiger partial charge in [0.15, 0.2) is 17.3 Å².